The number of anilines is 3. The molecular formula is C55H65NO2S2. The predicted molar refractivity (Wildman–Crippen MR) is 265 cm³/mol. The van der Waals surface area contributed by atoms with Gasteiger partial charge < -0.3 is 14.4 Å². The van der Waals surface area contributed by atoms with Crippen molar-refractivity contribution in [2.24, 2.45) is 0 Å². The molecule has 314 valence electrons. The predicted octanol–water partition coefficient (Wildman–Crippen LogP) is 17.4. The molecule has 0 saturated heterocycles. The van der Waals surface area contributed by atoms with E-state index in [9.17, 15) is 0 Å². The molecule has 3 nitrogen and oxygen atoms in total. The molecule has 0 fully saturated rings. The third kappa shape index (κ3) is 13.2. The summed E-state index contributed by atoms with van der Waals surface area (Å²) in [6, 6.07) is 46.4. The van der Waals surface area contributed by atoms with Gasteiger partial charge in [-0.3, -0.25) is 0 Å². The number of fused-ring (bicyclic) bond motifs is 1. The fourth-order valence-electron chi connectivity index (χ4n) is 7.50. The number of rotatable bonds is 21. The number of thioether (sulfide) groups is 1. The van der Waals surface area contributed by atoms with Gasteiger partial charge in [0, 0.05) is 33.5 Å². The Morgan fingerprint density at radius 2 is 1.23 bits per heavy atom. The van der Waals surface area contributed by atoms with Gasteiger partial charge in [0.05, 0.1) is 17.6 Å². The Bertz CT molecular complexity index is 2220. The van der Waals surface area contributed by atoms with E-state index in [-0.39, 0.29) is 6.10 Å². The van der Waals surface area contributed by atoms with Gasteiger partial charge >= 0.3 is 0 Å². The quantitative estimate of drug-likeness (QED) is 0.0673. The normalized spacial score (nSPS) is 13.5. The third-order valence-electron chi connectivity index (χ3n) is 10.5. The molecule has 0 N–H and O–H groups in total. The van der Waals surface area contributed by atoms with Crippen molar-refractivity contribution in [1.82, 2.24) is 0 Å². The Morgan fingerprint density at radius 3 is 1.97 bits per heavy atom. The number of benzene rings is 5. The molecule has 1 aliphatic heterocycles. The van der Waals surface area contributed by atoms with Crippen molar-refractivity contribution >= 4 is 55.8 Å². The smallest absolute Gasteiger partial charge is 0.138 e. The maximum absolute atomic E-state index is 6.77. The van der Waals surface area contributed by atoms with Crippen molar-refractivity contribution in [3.8, 4) is 16.2 Å². The van der Waals surface area contributed by atoms with Gasteiger partial charge in [0.1, 0.15) is 5.75 Å². The second kappa shape index (κ2) is 24.6. The van der Waals surface area contributed by atoms with Gasteiger partial charge in [-0.05, 0) is 113 Å². The van der Waals surface area contributed by atoms with E-state index in [1.165, 1.54) is 99.9 Å². The number of para-hydroxylation sites is 1. The van der Waals surface area contributed by atoms with Crippen LogP contribution in [0.2, 0.25) is 0 Å². The lowest BCUT2D eigenvalue weighted by Gasteiger charge is -2.27. The molecule has 0 amide bonds. The van der Waals surface area contributed by atoms with Crippen LogP contribution in [-0.4, -0.2) is 19.3 Å². The monoisotopic (exact) mass is 835 g/mol. The number of unbranched alkanes of at least 4 members (excludes halogenated alkanes) is 8. The summed E-state index contributed by atoms with van der Waals surface area (Å²) in [4.78, 5) is 6.04. The van der Waals surface area contributed by atoms with Crippen LogP contribution in [0.3, 0.4) is 0 Å². The zero-order chi connectivity index (χ0) is 41.8. The highest BCUT2D eigenvalue weighted by molar-refractivity contribution is 8.11. The Morgan fingerprint density at radius 1 is 0.567 bits per heavy atom. The SMILES string of the molecule is CCC.CCCCCCCOc1cc(C2=CC(OCCCCCCC)C=CS2)sc1-c1cc(Cc2ccccc2)cc(N(c2ccccc2)c2ccc3ccccc3c2)c1. The van der Waals surface area contributed by atoms with Crippen molar-refractivity contribution in [2.45, 2.75) is 111 Å². The minimum Gasteiger partial charge on any atom is -0.492 e. The van der Waals surface area contributed by atoms with E-state index in [0.717, 1.165) is 48.7 Å². The van der Waals surface area contributed by atoms with Crippen molar-refractivity contribution in [3.05, 3.63) is 161 Å². The van der Waals surface area contributed by atoms with Crippen LogP contribution in [0.5, 0.6) is 5.75 Å². The Kier molecular flexibility index (Phi) is 18.5. The molecule has 7 rings (SSSR count). The highest BCUT2D eigenvalue weighted by Crippen LogP contribution is 2.47. The lowest BCUT2D eigenvalue weighted by Crippen LogP contribution is -2.10. The van der Waals surface area contributed by atoms with Gasteiger partial charge in [0.2, 0.25) is 0 Å². The van der Waals surface area contributed by atoms with E-state index in [1.54, 1.807) is 11.8 Å². The molecule has 1 aliphatic rings. The highest BCUT2D eigenvalue weighted by atomic mass is 32.2. The number of thiophene rings is 1. The molecule has 0 saturated carbocycles. The molecule has 5 aromatic carbocycles. The molecule has 1 unspecified atom stereocenters. The third-order valence-corrected chi connectivity index (χ3v) is 12.8. The van der Waals surface area contributed by atoms with E-state index in [2.05, 4.69) is 178 Å². The molecule has 1 atom stereocenters. The maximum Gasteiger partial charge on any atom is 0.138 e. The van der Waals surface area contributed by atoms with Crippen LogP contribution in [0.4, 0.5) is 17.1 Å². The molecule has 6 aromatic rings. The molecule has 5 heteroatoms. The fourth-order valence-corrected chi connectivity index (χ4v) is 9.55. The Hall–Kier alpha value is -4.55. The van der Waals surface area contributed by atoms with E-state index < -0.39 is 0 Å². The van der Waals surface area contributed by atoms with E-state index in [1.807, 2.05) is 11.3 Å². The van der Waals surface area contributed by atoms with Crippen molar-refractivity contribution in [1.29, 1.82) is 0 Å². The Balaban J connectivity index is 0.00000195. The largest absolute Gasteiger partial charge is 0.492 e. The highest BCUT2D eigenvalue weighted by Gasteiger charge is 2.21. The topological polar surface area (TPSA) is 21.7 Å². The maximum atomic E-state index is 6.77. The number of hydrogen-bond acceptors (Lipinski definition) is 5. The molecule has 0 spiro atoms. The zero-order valence-electron chi connectivity index (χ0n) is 36.4. The number of nitrogens with zero attached hydrogens (tertiary/aromatic N) is 1. The summed E-state index contributed by atoms with van der Waals surface area (Å²) >= 11 is 3.62. The number of ether oxygens (including phenoxy) is 2. The average molecular weight is 836 g/mol. The van der Waals surface area contributed by atoms with Gasteiger partial charge in [-0.15, -0.1) is 11.3 Å². The molecule has 0 aliphatic carbocycles. The van der Waals surface area contributed by atoms with Gasteiger partial charge in [0.25, 0.3) is 0 Å². The molecule has 60 heavy (non-hydrogen) atoms. The molecule has 2 heterocycles. The van der Waals surface area contributed by atoms with Crippen molar-refractivity contribution in [3.63, 3.8) is 0 Å². The first-order valence-corrected chi connectivity index (χ1v) is 24.3. The van der Waals surface area contributed by atoms with Crippen molar-refractivity contribution < 1.29 is 9.47 Å². The first-order chi connectivity index (χ1) is 29.6. The molecule has 0 radical (unpaired) electrons. The molecule has 0 bridgehead atoms. The van der Waals surface area contributed by atoms with Crippen LogP contribution in [0.25, 0.3) is 26.1 Å². The second-order valence-corrected chi connectivity index (χ2v) is 17.8. The van der Waals surface area contributed by atoms with Crippen LogP contribution in [-0.2, 0) is 11.2 Å². The summed E-state index contributed by atoms with van der Waals surface area (Å²) in [6.07, 6.45) is 18.8. The van der Waals surface area contributed by atoms with Gasteiger partial charge in [0.15, 0.2) is 0 Å². The van der Waals surface area contributed by atoms with Crippen LogP contribution >= 0.6 is 23.1 Å². The second-order valence-electron chi connectivity index (χ2n) is 15.8. The Labute approximate surface area is 369 Å². The van der Waals surface area contributed by atoms with Gasteiger partial charge in [-0.1, -0.05) is 176 Å². The summed E-state index contributed by atoms with van der Waals surface area (Å²) in [5, 5.41) is 4.66. The average Bonchev–Trinajstić information content (AvgIpc) is 3.72. The standard InChI is InChI=1S/C52H57NO2S2.C3H8/c1-3-5-7-9-19-30-54-48-29-32-56-50(38-48)51-39-49(55-31-20-10-8-6-4-2)52(57-51)44-34-41(33-40-21-13-11-14-22-40)35-47(37-44)53(45-25-15-12-16-26-45)46-28-27-42-23-17-18-24-43(42)36-46;1-3-2/h11-18,21-29,32,34-39,48H,3-10,19-20,30-31,33H2,1-2H3;3H2,1-2H3. The summed E-state index contributed by atoms with van der Waals surface area (Å²) in [5.74, 6) is 0.967. The first-order valence-electron chi connectivity index (χ1n) is 22.6. The summed E-state index contributed by atoms with van der Waals surface area (Å²) in [7, 11) is 0. The fraction of sp³-hybridized carbons (Fsp3) is 0.345. The first kappa shape index (κ1) is 45.0. The molecule has 1 aromatic heterocycles. The van der Waals surface area contributed by atoms with Crippen LogP contribution in [0, 0.1) is 0 Å². The lowest BCUT2D eigenvalue weighted by molar-refractivity contribution is 0.112. The van der Waals surface area contributed by atoms with E-state index in [4.69, 9.17) is 9.47 Å². The molecular weight excluding hydrogens is 771 g/mol. The summed E-state index contributed by atoms with van der Waals surface area (Å²) in [5.41, 5.74) is 7.11. The lowest BCUT2D eigenvalue weighted by atomic mass is 9.99. The van der Waals surface area contributed by atoms with Crippen LogP contribution < -0.4 is 9.64 Å². The van der Waals surface area contributed by atoms with Crippen molar-refractivity contribution in [2.75, 3.05) is 18.1 Å². The van der Waals surface area contributed by atoms with E-state index in [0.29, 0.717) is 6.61 Å². The zero-order valence-corrected chi connectivity index (χ0v) is 38.0. The minimum atomic E-state index is -0.0110. The summed E-state index contributed by atoms with van der Waals surface area (Å²) in [6.45, 7) is 10.3. The van der Waals surface area contributed by atoms with Gasteiger partial charge in [-0.25, -0.2) is 0 Å². The van der Waals surface area contributed by atoms with Crippen LogP contribution in [0.15, 0.2) is 145 Å². The van der Waals surface area contributed by atoms with E-state index >= 15 is 0 Å². The minimum absolute atomic E-state index is 0.0110. The van der Waals surface area contributed by atoms with Crippen LogP contribution in [0.1, 0.15) is 114 Å². The summed E-state index contributed by atoms with van der Waals surface area (Å²) < 4.78 is 13.1. The number of hydrogen-bond donors (Lipinski definition) is 0. The van der Waals surface area contributed by atoms with Gasteiger partial charge in [-0.2, -0.15) is 0 Å².